The third-order valence-corrected chi connectivity index (χ3v) is 3.56. The van der Waals surface area contributed by atoms with Crippen LogP contribution in [0.15, 0.2) is 18.2 Å². The van der Waals surface area contributed by atoms with E-state index in [1.165, 1.54) is 6.42 Å². The van der Waals surface area contributed by atoms with Crippen molar-refractivity contribution in [3.8, 4) is 0 Å². The predicted molar refractivity (Wildman–Crippen MR) is 69.7 cm³/mol. The summed E-state index contributed by atoms with van der Waals surface area (Å²) in [5.41, 5.74) is 5.44. The van der Waals surface area contributed by atoms with Gasteiger partial charge in [-0.3, -0.25) is 0 Å². The van der Waals surface area contributed by atoms with Crippen molar-refractivity contribution in [2.75, 3.05) is 17.7 Å². The van der Waals surface area contributed by atoms with E-state index in [4.69, 9.17) is 5.73 Å². The van der Waals surface area contributed by atoms with E-state index in [2.05, 4.69) is 17.2 Å². The smallest absolute Gasteiger partial charge is 0.128 e. The monoisotopic (exact) mass is 235 g/mol. The molecular weight excluding hydrogens is 214 g/mol. The van der Waals surface area contributed by atoms with Gasteiger partial charge in [0.15, 0.2) is 0 Å². The minimum absolute atomic E-state index is 0.147. The number of nitrogens with one attached hydrogen (secondary N) is 1. The summed E-state index contributed by atoms with van der Waals surface area (Å²) in [6, 6.07) is 5.54. The Morgan fingerprint density at radius 1 is 1.59 bits per heavy atom. The van der Waals surface area contributed by atoms with E-state index >= 15 is 0 Å². The highest BCUT2D eigenvalue weighted by molar-refractivity contribution is 5.44. The largest absolute Gasteiger partial charge is 0.394 e. The summed E-state index contributed by atoms with van der Waals surface area (Å²) in [6.45, 7) is 2.38. The average Bonchev–Trinajstić information content (AvgIpc) is 2.29. The fourth-order valence-corrected chi connectivity index (χ4v) is 2.75. The summed E-state index contributed by atoms with van der Waals surface area (Å²) < 4.78 is 0. The van der Waals surface area contributed by atoms with Crippen LogP contribution in [0.25, 0.3) is 0 Å². The SMILES string of the molecule is CC1CCCC(CO)(Nc2cccc(N)n2)C1. The van der Waals surface area contributed by atoms with Crippen LogP contribution in [-0.2, 0) is 0 Å². The molecule has 4 N–H and O–H groups in total. The zero-order chi connectivity index (χ0) is 12.3. The molecule has 0 radical (unpaired) electrons. The van der Waals surface area contributed by atoms with E-state index < -0.39 is 0 Å². The zero-order valence-corrected chi connectivity index (χ0v) is 10.3. The van der Waals surface area contributed by atoms with Gasteiger partial charge in [0.2, 0.25) is 0 Å². The number of nitrogen functional groups attached to an aromatic ring is 1. The second-order valence-electron chi connectivity index (χ2n) is 5.21. The van der Waals surface area contributed by atoms with Gasteiger partial charge in [-0.2, -0.15) is 0 Å². The van der Waals surface area contributed by atoms with Crippen molar-refractivity contribution in [3.05, 3.63) is 18.2 Å². The summed E-state index contributed by atoms with van der Waals surface area (Å²) in [7, 11) is 0. The van der Waals surface area contributed by atoms with Crippen LogP contribution in [0.5, 0.6) is 0 Å². The Morgan fingerprint density at radius 3 is 3.06 bits per heavy atom. The summed E-state index contributed by atoms with van der Waals surface area (Å²) >= 11 is 0. The lowest BCUT2D eigenvalue weighted by Crippen LogP contribution is -2.46. The number of nitrogens with two attached hydrogens (primary N) is 1. The molecule has 0 aliphatic heterocycles. The Hall–Kier alpha value is -1.29. The standard InChI is InChI=1S/C13H21N3O/c1-10-4-3-7-13(8-10,9-17)16-12-6-2-5-11(14)15-12/h2,5-6,10,17H,3-4,7-9H2,1H3,(H3,14,15,16). The third kappa shape index (κ3) is 2.88. The van der Waals surface area contributed by atoms with E-state index in [-0.39, 0.29) is 12.1 Å². The van der Waals surface area contributed by atoms with E-state index in [1.807, 2.05) is 12.1 Å². The van der Waals surface area contributed by atoms with Crippen molar-refractivity contribution in [2.45, 2.75) is 38.1 Å². The van der Waals surface area contributed by atoms with Gasteiger partial charge in [0.1, 0.15) is 11.6 Å². The van der Waals surface area contributed by atoms with Crippen molar-refractivity contribution in [1.82, 2.24) is 4.98 Å². The van der Waals surface area contributed by atoms with Crippen LogP contribution in [0.4, 0.5) is 11.6 Å². The number of rotatable bonds is 3. The molecule has 17 heavy (non-hydrogen) atoms. The van der Waals surface area contributed by atoms with Gasteiger partial charge < -0.3 is 16.2 Å². The summed E-state index contributed by atoms with van der Waals surface area (Å²) in [5, 5.41) is 13.0. The predicted octanol–water partition coefficient (Wildman–Crippen LogP) is 2.02. The van der Waals surface area contributed by atoms with Crippen LogP contribution in [0.2, 0.25) is 0 Å². The van der Waals surface area contributed by atoms with Crippen molar-refractivity contribution in [1.29, 1.82) is 0 Å². The summed E-state index contributed by atoms with van der Waals surface area (Å²) in [6.07, 6.45) is 4.37. The molecule has 2 rings (SSSR count). The molecule has 4 heteroatoms. The van der Waals surface area contributed by atoms with Crippen LogP contribution in [-0.4, -0.2) is 22.2 Å². The summed E-state index contributed by atoms with van der Waals surface area (Å²) in [4.78, 5) is 4.24. The molecular formula is C13H21N3O. The number of aromatic nitrogens is 1. The maximum atomic E-state index is 9.67. The molecule has 94 valence electrons. The van der Waals surface area contributed by atoms with Crippen LogP contribution in [0, 0.1) is 5.92 Å². The van der Waals surface area contributed by atoms with E-state index in [0.29, 0.717) is 11.7 Å². The van der Waals surface area contributed by atoms with Crippen LogP contribution >= 0.6 is 0 Å². The first-order valence-electron chi connectivity index (χ1n) is 6.25. The second kappa shape index (κ2) is 4.92. The first-order chi connectivity index (χ1) is 8.13. The van der Waals surface area contributed by atoms with Gasteiger partial charge in [0.25, 0.3) is 0 Å². The van der Waals surface area contributed by atoms with E-state index in [0.717, 1.165) is 25.1 Å². The van der Waals surface area contributed by atoms with Crippen LogP contribution in [0.3, 0.4) is 0 Å². The average molecular weight is 235 g/mol. The molecule has 2 atom stereocenters. The zero-order valence-electron chi connectivity index (χ0n) is 10.3. The topological polar surface area (TPSA) is 71.2 Å². The number of hydrogen-bond donors (Lipinski definition) is 3. The molecule has 1 aromatic heterocycles. The molecule has 0 amide bonds. The highest BCUT2D eigenvalue weighted by Gasteiger charge is 2.34. The number of aliphatic hydroxyl groups excluding tert-OH is 1. The number of hydrogen-bond acceptors (Lipinski definition) is 4. The maximum Gasteiger partial charge on any atom is 0.128 e. The van der Waals surface area contributed by atoms with Gasteiger partial charge in [0, 0.05) is 0 Å². The fourth-order valence-electron chi connectivity index (χ4n) is 2.75. The molecule has 0 saturated heterocycles. The number of anilines is 2. The van der Waals surface area contributed by atoms with Crippen molar-refractivity contribution in [3.63, 3.8) is 0 Å². The van der Waals surface area contributed by atoms with E-state index in [9.17, 15) is 5.11 Å². The lowest BCUT2D eigenvalue weighted by molar-refractivity contribution is 0.149. The van der Waals surface area contributed by atoms with Gasteiger partial charge in [-0.05, 0) is 30.9 Å². The molecule has 1 aliphatic rings. The minimum atomic E-state index is -0.224. The Bertz CT molecular complexity index is 383. The van der Waals surface area contributed by atoms with Gasteiger partial charge in [-0.15, -0.1) is 0 Å². The Balaban J connectivity index is 2.13. The van der Waals surface area contributed by atoms with E-state index in [1.54, 1.807) is 6.07 Å². The van der Waals surface area contributed by atoms with Gasteiger partial charge in [0.05, 0.1) is 12.1 Å². The Morgan fingerprint density at radius 2 is 2.41 bits per heavy atom. The molecule has 2 unspecified atom stereocenters. The van der Waals surface area contributed by atoms with Crippen molar-refractivity contribution < 1.29 is 5.11 Å². The number of aliphatic hydroxyl groups is 1. The molecule has 0 bridgehead atoms. The fraction of sp³-hybridized carbons (Fsp3) is 0.615. The molecule has 1 heterocycles. The highest BCUT2D eigenvalue weighted by atomic mass is 16.3. The first-order valence-corrected chi connectivity index (χ1v) is 6.25. The highest BCUT2D eigenvalue weighted by Crippen LogP contribution is 2.34. The molecule has 4 nitrogen and oxygen atoms in total. The second-order valence-corrected chi connectivity index (χ2v) is 5.21. The van der Waals surface area contributed by atoms with Gasteiger partial charge >= 0.3 is 0 Å². The quantitative estimate of drug-likeness (QED) is 0.749. The Labute approximate surface area is 102 Å². The molecule has 0 aromatic carbocycles. The molecule has 1 aromatic rings. The van der Waals surface area contributed by atoms with Crippen molar-refractivity contribution >= 4 is 11.6 Å². The molecule has 1 fully saturated rings. The van der Waals surface area contributed by atoms with Gasteiger partial charge in [-0.1, -0.05) is 25.8 Å². The molecule has 1 aliphatic carbocycles. The third-order valence-electron chi connectivity index (χ3n) is 3.56. The van der Waals surface area contributed by atoms with Crippen LogP contribution in [0.1, 0.15) is 32.6 Å². The first kappa shape index (κ1) is 12.2. The maximum absolute atomic E-state index is 9.67. The Kier molecular flexibility index (Phi) is 3.52. The van der Waals surface area contributed by atoms with Gasteiger partial charge in [-0.25, -0.2) is 4.98 Å². The molecule has 0 spiro atoms. The minimum Gasteiger partial charge on any atom is -0.394 e. The lowest BCUT2D eigenvalue weighted by atomic mass is 9.77. The molecule has 1 saturated carbocycles. The van der Waals surface area contributed by atoms with Crippen LogP contribution < -0.4 is 11.1 Å². The van der Waals surface area contributed by atoms with Crippen molar-refractivity contribution in [2.24, 2.45) is 5.92 Å². The number of pyridine rings is 1. The lowest BCUT2D eigenvalue weighted by Gasteiger charge is -2.39. The summed E-state index contributed by atoms with van der Waals surface area (Å²) in [5.74, 6) is 1.91. The normalized spacial score (nSPS) is 28.9. The number of nitrogens with zero attached hydrogens (tertiary/aromatic N) is 1.